The molecular formula is C34H46N3OP. The summed E-state index contributed by atoms with van der Waals surface area (Å²) in [5.41, 5.74) is 7.24. The molecule has 5 heteroatoms. The van der Waals surface area contributed by atoms with E-state index < -0.39 is 0 Å². The second-order valence-electron chi connectivity index (χ2n) is 11.0. The molecule has 5 rings (SSSR count). The Bertz CT molecular complexity index is 1280. The van der Waals surface area contributed by atoms with Gasteiger partial charge in [0.2, 0.25) is 0 Å². The van der Waals surface area contributed by atoms with Crippen LogP contribution >= 0.6 is 8.20 Å². The Hall–Kier alpha value is -2.55. The number of hydrogen-bond donors (Lipinski definition) is 1. The molecule has 0 unspecified atom stereocenters. The zero-order valence-corrected chi connectivity index (χ0v) is 25.3. The van der Waals surface area contributed by atoms with Crippen LogP contribution in [0.3, 0.4) is 0 Å². The summed E-state index contributed by atoms with van der Waals surface area (Å²) in [6.07, 6.45) is 10.9. The molecule has 2 aromatic carbocycles. The topological polar surface area (TPSA) is 45.2 Å². The monoisotopic (exact) mass is 543 g/mol. The largest absolute Gasteiger partial charge is 0.349 e. The van der Waals surface area contributed by atoms with Gasteiger partial charge < -0.3 is 10.2 Å². The molecule has 1 fully saturated rings. The van der Waals surface area contributed by atoms with E-state index in [9.17, 15) is 4.79 Å². The first-order chi connectivity index (χ1) is 19.0. The number of likely N-dealkylation sites (N-methyl/N-ethyl adjacent to an activating group) is 1. The lowest BCUT2D eigenvalue weighted by atomic mass is 9.95. The molecule has 0 atom stereocenters. The highest BCUT2D eigenvalue weighted by Gasteiger charge is 2.18. The van der Waals surface area contributed by atoms with Gasteiger partial charge in [-0.2, -0.15) is 0 Å². The van der Waals surface area contributed by atoms with Gasteiger partial charge in [-0.05, 0) is 92.4 Å². The van der Waals surface area contributed by atoms with Crippen LogP contribution in [-0.2, 0) is 12.8 Å². The van der Waals surface area contributed by atoms with E-state index in [-0.39, 0.29) is 5.91 Å². The number of pyridine rings is 1. The Kier molecular flexibility index (Phi) is 11.1. The summed E-state index contributed by atoms with van der Waals surface area (Å²) >= 11 is 0. The van der Waals surface area contributed by atoms with E-state index in [1.54, 1.807) is 16.4 Å². The third kappa shape index (κ3) is 7.99. The number of hydrogen-bond acceptors (Lipinski definition) is 3. The van der Waals surface area contributed by atoms with Crippen LogP contribution in [0.2, 0.25) is 0 Å². The zero-order chi connectivity index (χ0) is 27.6. The van der Waals surface area contributed by atoms with E-state index in [1.807, 2.05) is 37.3 Å². The number of rotatable bonds is 6. The molecule has 0 bridgehead atoms. The summed E-state index contributed by atoms with van der Waals surface area (Å²) in [5.74, 6) is 0.0353. The van der Waals surface area contributed by atoms with E-state index in [0.717, 1.165) is 35.0 Å². The van der Waals surface area contributed by atoms with Gasteiger partial charge in [0.05, 0.1) is 5.52 Å². The molecule has 1 aromatic heterocycles. The molecule has 39 heavy (non-hydrogen) atoms. The van der Waals surface area contributed by atoms with E-state index in [0.29, 0.717) is 6.04 Å². The standard InChI is InChI=1S/C17H20N2O.C17H26NP/c1-12-10-11-14-15(8-5-9-16(14)18-12)17(20)19-13-6-3-2-4-7-13;1-4-6-17(19-3)16-8-7-14-9-11-18(5-2)12-10-15(14)13-16/h5,8-11,13H,2-4,6-7H2,1H3,(H,19,20);7-8,13H,4-6,9-12H2,1-3H3. The molecule has 1 saturated carbocycles. The van der Waals surface area contributed by atoms with Gasteiger partial charge in [-0.25, -0.2) is 0 Å². The molecule has 4 nitrogen and oxygen atoms in total. The summed E-state index contributed by atoms with van der Waals surface area (Å²) < 4.78 is 0. The molecule has 1 aliphatic carbocycles. The van der Waals surface area contributed by atoms with Gasteiger partial charge in [0.1, 0.15) is 0 Å². The van der Waals surface area contributed by atoms with Crippen molar-refractivity contribution < 1.29 is 4.79 Å². The molecule has 208 valence electrons. The number of carbonyl (C=O) groups is 1. The number of fused-ring (bicyclic) bond motifs is 2. The normalized spacial score (nSPS) is 16.7. The average Bonchev–Trinajstić information content (AvgIpc) is 3.18. The lowest BCUT2D eigenvalue weighted by molar-refractivity contribution is 0.0929. The Morgan fingerprint density at radius 1 is 1.00 bits per heavy atom. The van der Waals surface area contributed by atoms with E-state index in [4.69, 9.17) is 0 Å². The molecule has 0 spiro atoms. The first-order valence-corrected chi connectivity index (χ1v) is 16.3. The molecular weight excluding hydrogens is 497 g/mol. The van der Waals surface area contributed by atoms with Crippen LogP contribution in [0.25, 0.3) is 10.9 Å². The Balaban J connectivity index is 0.000000181. The van der Waals surface area contributed by atoms with Gasteiger partial charge >= 0.3 is 0 Å². The van der Waals surface area contributed by atoms with Crippen LogP contribution in [0, 0.1) is 6.92 Å². The van der Waals surface area contributed by atoms with E-state index in [2.05, 4.69) is 53.9 Å². The third-order valence-electron chi connectivity index (χ3n) is 8.19. The second kappa shape index (κ2) is 14.7. The number of carbonyl (C=O) groups excluding carboxylic acids is 1. The van der Waals surface area contributed by atoms with Crippen molar-refractivity contribution in [1.82, 2.24) is 15.2 Å². The smallest absolute Gasteiger partial charge is 0.252 e. The van der Waals surface area contributed by atoms with Gasteiger partial charge in [-0.15, -0.1) is 8.20 Å². The number of aryl methyl sites for hydroxylation is 1. The van der Waals surface area contributed by atoms with Crippen LogP contribution in [-0.4, -0.2) is 53.4 Å². The van der Waals surface area contributed by atoms with Crippen molar-refractivity contribution in [1.29, 1.82) is 0 Å². The lowest BCUT2D eigenvalue weighted by Crippen LogP contribution is -2.36. The quantitative estimate of drug-likeness (QED) is 0.326. The van der Waals surface area contributed by atoms with Gasteiger partial charge in [-0.3, -0.25) is 9.78 Å². The molecule has 1 N–H and O–H groups in total. The fraction of sp³-hybridized carbons (Fsp3) is 0.500. The number of nitrogens with zero attached hydrogens (tertiary/aromatic N) is 2. The summed E-state index contributed by atoms with van der Waals surface area (Å²) in [5, 5.41) is 5.71. The van der Waals surface area contributed by atoms with E-state index in [1.165, 1.54) is 78.3 Å². The molecule has 0 saturated heterocycles. The molecule has 2 aliphatic rings. The van der Waals surface area contributed by atoms with Crippen LogP contribution < -0.4 is 5.32 Å². The Morgan fingerprint density at radius 2 is 1.77 bits per heavy atom. The highest BCUT2D eigenvalue weighted by Crippen LogP contribution is 2.22. The molecule has 2 heterocycles. The molecule has 1 aliphatic heterocycles. The number of aromatic nitrogens is 1. The average molecular weight is 544 g/mol. The minimum atomic E-state index is 0.0353. The van der Waals surface area contributed by atoms with Crippen molar-refractivity contribution in [2.75, 3.05) is 26.3 Å². The Labute approximate surface area is 237 Å². The Morgan fingerprint density at radius 3 is 2.49 bits per heavy atom. The first-order valence-electron chi connectivity index (χ1n) is 15.0. The van der Waals surface area contributed by atoms with E-state index >= 15 is 0 Å². The highest BCUT2D eigenvalue weighted by atomic mass is 31.1. The summed E-state index contributed by atoms with van der Waals surface area (Å²) in [4.78, 5) is 19.5. The predicted octanol–water partition coefficient (Wildman–Crippen LogP) is 7.61. The number of nitrogens with one attached hydrogen (secondary N) is 1. The first kappa shape index (κ1) is 29.4. The second-order valence-corrected chi connectivity index (χ2v) is 12.0. The summed E-state index contributed by atoms with van der Waals surface area (Å²) in [6.45, 7) is 12.4. The number of amides is 1. The number of benzene rings is 2. The van der Waals surface area contributed by atoms with Crippen LogP contribution in [0.4, 0.5) is 0 Å². The fourth-order valence-corrected chi connectivity index (χ4v) is 6.70. The van der Waals surface area contributed by atoms with Crippen molar-refractivity contribution in [3.63, 3.8) is 0 Å². The van der Waals surface area contributed by atoms with Crippen molar-refractivity contribution in [3.05, 3.63) is 76.5 Å². The van der Waals surface area contributed by atoms with Gasteiger partial charge in [0, 0.05) is 35.8 Å². The summed E-state index contributed by atoms with van der Waals surface area (Å²) in [7, 11) is 1.43. The van der Waals surface area contributed by atoms with Crippen LogP contribution in [0.1, 0.15) is 91.5 Å². The molecule has 1 amide bonds. The predicted molar refractivity (Wildman–Crippen MR) is 169 cm³/mol. The van der Waals surface area contributed by atoms with Gasteiger partial charge in [0.15, 0.2) is 0 Å². The molecule has 3 aromatic rings. The van der Waals surface area contributed by atoms with Crippen molar-refractivity contribution in [3.8, 4) is 0 Å². The molecule has 0 radical (unpaired) electrons. The van der Waals surface area contributed by atoms with Crippen molar-refractivity contribution in [2.24, 2.45) is 0 Å². The SMILES string of the molecule is CCCC(=PC)c1ccc2c(c1)CCN(CC)CC2.Cc1ccc2c(C(=O)NC3CCCCC3)cccc2n1. The maximum absolute atomic E-state index is 12.5. The van der Waals surface area contributed by atoms with Gasteiger partial charge in [0.25, 0.3) is 5.91 Å². The van der Waals surface area contributed by atoms with Crippen molar-refractivity contribution in [2.45, 2.75) is 84.6 Å². The van der Waals surface area contributed by atoms with Crippen LogP contribution in [0.5, 0.6) is 0 Å². The van der Waals surface area contributed by atoms with Gasteiger partial charge in [-0.1, -0.05) is 69.9 Å². The fourth-order valence-electron chi connectivity index (χ4n) is 5.85. The highest BCUT2D eigenvalue weighted by molar-refractivity contribution is 7.40. The maximum Gasteiger partial charge on any atom is 0.252 e. The third-order valence-corrected chi connectivity index (χ3v) is 9.22. The minimum Gasteiger partial charge on any atom is -0.349 e. The van der Waals surface area contributed by atoms with Crippen LogP contribution in [0.15, 0.2) is 48.5 Å². The lowest BCUT2D eigenvalue weighted by Gasteiger charge is -2.23. The maximum atomic E-state index is 12.5. The minimum absolute atomic E-state index is 0.0353. The van der Waals surface area contributed by atoms with Crippen molar-refractivity contribution >= 4 is 30.3 Å². The zero-order valence-electron chi connectivity index (χ0n) is 24.4. The summed E-state index contributed by atoms with van der Waals surface area (Å²) in [6, 6.07) is 17.2.